The van der Waals surface area contributed by atoms with Crippen LogP contribution in [-0.2, 0) is 29.5 Å². The fourth-order valence-electron chi connectivity index (χ4n) is 4.29. The maximum Gasteiger partial charge on any atom is 0.418 e. The summed E-state index contributed by atoms with van der Waals surface area (Å²) >= 11 is 0. The summed E-state index contributed by atoms with van der Waals surface area (Å²) in [5.74, 6) is -3.21. The molecule has 1 unspecified atom stereocenters. The van der Waals surface area contributed by atoms with Crippen molar-refractivity contribution in [3.63, 3.8) is 0 Å². The number of rotatable bonds is 7. The largest absolute Gasteiger partial charge is 0.481 e. The molecule has 3 aromatic rings. The Kier molecular flexibility index (Phi) is 9.09. The smallest absolute Gasteiger partial charge is 0.418 e. The van der Waals surface area contributed by atoms with Crippen molar-refractivity contribution < 1.29 is 62.6 Å². The van der Waals surface area contributed by atoms with Gasteiger partial charge in [0.25, 0.3) is 0 Å². The van der Waals surface area contributed by atoms with Crippen LogP contribution < -0.4 is 5.32 Å². The second kappa shape index (κ2) is 11.6. The molecule has 0 aliphatic carbocycles. The summed E-state index contributed by atoms with van der Waals surface area (Å²) in [6.07, 6.45) is -20.9. The van der Waals surface area contributed by atoms with E-state index in [9.17, 15) is 62.6 Å². The number of nitrogens with one attached hydrogen (secondary N) is 1. The number of hydrogen-bond donors (Lipinski definition) is 2. The molecule has 3 rings (SSSR count). The van der Waals surface area contributed by atoms with E-state index >= 15 is 0 Å². The molecule has 0 saturated heterocycles. The highest BCUT2D eigenvalue weighted by atomic mass is 19.4. The molecule has 0 fully saturated rings. The Balaban J connectivity index is 2.35. The standard InChI is InChI=1S/C28H21F12NO2/c1-13(2)5-21(24(42)43)16-6-14(15-7-18(26(32,33)34)11-19(8-15)27(35,36)37)9-20(10-16)41-23-12-17(25(29,30)31)3-4-22(23)28(38,39)40/h3-4,6-13,21,41H,5H2,1-2H3,(H,42,43). The number of aliphatic carboxylic acids is 1. The molecule has 43 heavy (non-hydrogen) atoms. The van der Waals surface area contributed by atoms with Gasteiger partial charge in [0.1, 0.15) is 0 Å². The highest BCUT2D eigenvalue weighted by Crippen LogP contribution is 2.43. The van der Waals surface area contributed by atoms with E-state index in [1.54, 1.807) is 13.8 Å². The molecule has 2 N–H and O–H groups in total. The first-order valence-electron chi connectivity index (χ1n) is 12.2. The quantitative estimate of drug-likeness (QED) is 0.255. The normalized spacial score (nSPS) is 13.7. The minimum Gasteiger partial charge on any atom is -0.481 e. The molecular weight excluding hydrogens is 610 g/mol. The van der Waals surface area contributed by atoms with Gasteiger partial charge < -0.3 is 10.4 Å². The predicted molar refractivity (Wildman–Crippen MR) is 131 cm³/mol. The number of halogens is 12. The third-order valence-electron chi connectivity index (χ3n) is 6.22. The Morgan fingerprint density at radius 2 is 1.19 bits per heavy atom. The van der Waals surface area contributed by atoms with Gasteiger partial charge in [-0.2, -0.15) is 52.7 Å². The Hall–Kier alpha value is -3.91. The van der Waals surface area contributed by atoms with Crippen molar-refractivity contribution in [2.24, 2.45) is 5.92 Å². The van der Waals surface area contributed by atoms with Crippen LogP contribution in [0.4, 0.5) is 64.1 Å². The molecule has 0 spiro atoms. The molecule has 0 amide bonds. The first kappa shape index (κ1) is 33.6. The van der Waals surface area contributed by atoms with Crippen LogP contribution in [0.5, 0.6) is 0 Å². The van der Waals surface area contributed by atoms with E-state index in [2.05, 4.69) is 5.32 Å². The monoisotopic (exact) mass is 631 g/mol. The number of benzene rings is 3. The minimum absolute atomic E-state index is 0.105. The summed E-state index contributed by atoms with van der Waals surface area (Å²) in [5, 5.41) is 11.9. The fraction of sp³-hybridized carbons (Fsp3) is 0.321. The van der Waals surface area contributed by atoms with Gasteiger partial charge in [-0.25, -0.2) is 0 Å². The summed E-state index contributed by atoms with van der Waals surface area (Å²) in [6, 6.07) is 3.73. The van der Waals surface area contributed by atoms with Crippen molar-refractivity contribution in [2.45, 2.75) is 50.9 Å². The number of carboxylic acids is 1. The van der Waals surface area contributed by atoms with Crippen molar-refractivity contribution in [2.75, 3.05) is 5.32 Å². The SMILES string of the molecule is CC(C)CC(C(=O)O)c1cc(Nc2cc(C(F)(F)F)ccc2C(F)(F)F)cc(-c2cc(C(F)(F)F)cc(C(F)(F)F)c2)c1. The zero-order valence-corrected chi connectivity index (χ0v) is 21.9. The first-order chi connectivity index (χ1) is 19.5. The van der Waals surface area contributed by atoms with Gasteiger partial charge >= 0.3 is 30.7 Å². The highest BCUT2D eigenvalue weighted by Gasteiger charge is 2.39. The lowest BCUT2D eigenvalue weighted by molar-refractivity contribution is -0.143. The number of hydrogen-bond acceptors (Lipinski definition) is 2. The van der Waals surface area contributed by atoms with E-state index in [1.807, 2.05) is 0 Å². The van der Waals surface area contributed by atoms with Crippen LogP contribution in [0.15, 0.2) is 54.6 Å². The summed E-state index contributed by atoms with van der Waals surface area (Å²) in [5.41, 5.74) is -9.56. The van der Waals surface area contributed by atoms with E-state index < -0.39 is 81.3 Å². The number of alkyl halides is 12. The van der Waals surface area contributed by atoms with Crippen LogP contribution >= 0.6 is 0 Å². The van der Waals surface area contributed by atoms with Crippen LogP contribution in [0.25, 0.3) is 11.1 Å². The summed E-state index contributed by atoms with van der Waals surface area (Å²) in [7, 11) is 0. The number of carboxylic acid groups (broad SMARTS) is 1. The summed E-state index contributed by atoms with van der Waals surface area (Å²) < 4.78 is 162. The molecule has 234 valence electrons. The van der Waals surface area contributed by atoms with Crippen LogP contribution in [0, 0.1) is 5.92 Å². The van der Waals surface area contributed by atoms with Crippen molar-refractivity contribution in [1.82, 2.24) is 0 Å². The van der Waals surface area contributed by atoms with Crippen LogP contribution in [0.3, 0.4) is 0 Å². The van der Waals surface area contributed by atoms with Crippen molar-refractivity contribution >= 4 is 17.3 Å². The predicted octanol–water partition coefficient (Wildman–Crippen LogP) is 10.4. The molecule has 0 saturated carbocycles. The van der Waals surface area contributed by atoms with Gasteiger partial charge in [-0.05, 0) is 77.6 Å². The fourth-order valence-corrected chi connectivity index (χ4v) is 4.29. The van der Waals surface area contributed by atoms with E-state index in [0.717, 1.165) is 18.2 Å². The molecule has 0 aromatic heterocycles. The number of carbonyl (C=O) groups is 1. The third kappa shape index (κ3) is 8.35. The van der Waals surface area contributed by atoms with Crippen LogP contribution in [0.1, 0.15) is 54.0 Å². The molecule has 0 aliphatic heterocycles. The molecular formula is C28H21F12NO2. The molecule has 0 aliphatic rings. The topological polar surface area (TPSA) is 49.3 Å². The Bertz CT molecular complexity index is 1450. The van der Waals surface area contributed by atoms with E-state index in [-0.39, 0.29) is 42.2 Å². The molecule has 15 heteroatoms. The van der Waals surface area contributed by atoms with E-state index in [4.69, 9.17) is 0 Å². The van der Waals surface area contributed by atoms with Crippen molar-refractivity contribution in [3.05, 3.63) is 82.4 Å². The Morgan fingerprint density at radius 1 is 0.674 bits per heavy atom. The molecule has 0 radical (unpaired) electrons. The molecule has 0 heterocycles. The van der Waals surface area contributed by atoms with Gasteiger partial charge in [0.2, 0.25) is 0 Å². The van der Waals surface area contributed by atoms with Crippen molar-refractivity contribution in [1.29, 1.82) is 0 Å². The van der Waals surface area contributed by atoms with Gasteiger partial charge in [-0.3, -0.25) is 4.79 Å². The summed E-state index contributed by atoms with van der Waals surface area (Å²) in [6.45, 7) is 3.22. The Labute approximate surface area is 236 Å². The maximum absolute atomic E-state index is 13.7. The molecule has 3 aromatic carbocycles. The molecule has 1 atom stereocenters. The molecule has 0 bridgehead atoms. The van der Waals surface area contributed by atoms with Gasteiger partial charge in [0.05, 0.1) is 33.9 Å². The zero-order valence-electron chi connectivity index (χ0n) is 21.9. The Morgan fingerprint density at radius 3 is 1.63 bits per heavy atom. The zero-order chi connectivity index (χ0) is 32.7. The maximum atomic E-state index is 13.7. The first-order valence-corrected chi connectivity index (χ1v) is 12.2. The second-order valence-corrected chi connectivity index (χ2v) is 10.0. The third-order valence-corrected chi connectivity index (χ3v) is 6.22. The van der Waals surface area contributed by atoms with E-state index in [0.29, 0.717) is 12.1 Å². The lowest BCUT2D eigenvalue weighted by Gasteiger charge is -2.21. The van der Waals surface area contributed by atoms with Crippen LogP contribution in [-0.4, -0.2) is 11.1 Å². The minimum atomic E-state index is -5.25. The molecule has 3 nitrogen and oxygen atoms in total. The average molecular weight is 631 g/mol. The van der Waals surface area contributed by atoms with E-state index in [1.165, 1.54) is 0 Å². The van der Waals surface area contributed by atoms with Gasteiger partial charge in [-0.15, -0.1) is 0 Å². The second-order valence-electron chi connectivity index (χ2n) is 10.0. The van der Waals surface area contributed by atoms with Gasteiger partial charge in [-0.1, -0.05) is 19.9 Å². The van der Waals surface area contributed by atoms with Crippen LogP contribution in [0.2, 0.25) is 0 Å². The number of anilines is 2. The lowest BCUT2D eigenvalue weighted by atomic mass is 9.87. The summed E-state index contributed by atoms with van der Waals surface area (Å²) in [4.78, 5) is 12.1. The van der Waals surface area contributed by atoms with Gasteiger partial charge in [0, 0.05) is 5.69 Å². The average Bonchev–Trinajstić information content (AvgIpc) is 2.84. The van der Waals surface area contributed by atoms with Gasteiger partial charge in [0.15, 0.2) is 0 Å². The van der Waals surface area contributed by atoms with Crippen molar-refractivity contribution in [3.8, 4) is 11.1 Å². The highest BCUT2D eigenvalue weighted by molar-refractivity contribution is 5.80. The lowest BCUT2D eigenvalue weighted by Crippen LogP contribution is -2.15.